The summed E-state index contributed by atoms with van der Waals surface area (Å²) < 4.78 is 19.7. The number of ether oxygens (including phenoxy) is 1. The maximum absolute atomic E-state index is 12.8. The van der Waals surface area contributed by atoms with Gasteiger partial charge in [0.05, 0.1) is 5.56 Å². The molecule has 3 rings (SSSR count). The Hall–Kier alpha value is -3.15. The predicted molar refractivity (Wildman–Crippen MR) is 88.2 cm³/mol. The lowest BCUT2D eigenvalue weighted by atomic mass is 10.2. The average Bonchev–Trinajstić information content (AvgIpc) is 2.92. The maximum Gasteiger partial charge on any atom is 0.340 e. The van der Waals surface area contributed by atoms with E-state index < -0.39 is 24.3 Å². The first-order chi connectivity index (χ1) is 11.5. The Morgan fingerprint density at radius 1 is 1.12 bits per heavy atom. The number of halogens is 1. The molecule has 0 bridgehead atoms. The number of benzene rings is 2. The normalized spacial score (nSPS) is 10.6. The van der Waals surface area contributed by atoms with Gasteiger partial charge >= 0.3 is 5.97 Å². The first kappa shape index (κ1) is 15.7. The van der Waals surface area contributed by atoms with E-state index in [-0.39, 0.29) is 0 Å². The third kappa shape index (κ3) is 3.27. The summed E-state index contributed by atoms with van der Waals surface area (Å²) in [7, 11) is 1.83. The van der Waals surface area contributed by atoms with E-state index in [9.17, 15) is 14.0 Å². The van der Waals surface area contributed by atoms with Crippen LogP contribution in [0, 0.1) is 5.82 Å². The number of amides is 1. The van der Waals surface area contributed by atoms with Crippen LogP contribution in [0.5, 0.6) is 0 Å². The van der Waals surface area contributed by atoms with E-state index in [2.05, 4.69) is 5.32 Å². The molecule has 1 heterocycles. The van der Waals surface area contributed by atoms with Crippen LogP contribution in [0.25, 0.3) is 10.9 Å². The molecule has 0 saturated heterocycles. The number of nitrogens with one attached hydrogen (secondary N) is 1. The number of esters is 1. The summed E-state index contributed by atoms with van der Waals surface area (Å²) in [6.45, 7) is -0.417. The minimum absolute atomic E-state index is 0.393. The Bertz CT molecular complexity index is 900. The number of hydrogen-bond acceptors (Lipinski definition) is 3. The molecule has 0 spiro atoms. The molecule has 2 aromatic carbocycles. The smallest absolute Gasteiger partial charge is 0.340 e. The summed E-state index contributed by atoms with van der Waals surface area (Å²) in [5.41, 5.74) is 1.74. The van der Waals surface area contributed by atoms with Gasteiger partial charge in [0.25, 0.3) is 5.91 Å². The zero-order valence-electron chi connectivity index (χ0n) is 13.0. The number of para-hydroxylation sites is 1. The second kappa shape index (κ2) is 6.54. The molecule has 0 radical (unpaired) electrons. The van der Waals surface area contributed by atoms with Crippen molar-refractivity contribution in [3.05, 3.63) is 66.1 Å². The van der Waals surface area contributed by atoms with Gasteiger partial charge in [0.2, 0.25) is 0 Å². The van der Waals surface area contributed by atoms with Gasteiger partial charge in [-0.25, -0.2) is 9.18 Å². The summed E-state index contributed by atoms with van der Waals surface area (Å²) in [6.07, 6.45) is 1.67. The van der Waals surface area contributed by atoms with Gasteiger partial charge in [0.15, 0.2) is 6.61 Å². The molecule has 0 fully saturated rings. The van der Waals surface area contributed by atoms with Crippen molar-refractivity contribution in [3.63, 3.8) is 0 Å². The number of fused-ring (bicyclic) bond motifs is 1. The number of hydrogen-bond donors (Lipinski definition) is 1. The quantitative estimate of drug-likeness (QED) is 0.750. The summed E-state index contributed by atoms with van der Waals surface area (Å²) >= 11 is 0. The van der Waals surface area contributed by atoms with Crippen molar-refractivity contribution >= 4 is 28.5 Å². The van der Waals surface area contributed by atoms with Gasteiger partial charge < -0.3 is 14.6 Å². The van der Waals surface area contributed by atoms with E-state index in [4.69, 9.17) is 4.74 Å². The zero-order chi connectivity index (χ0) is 17.1. The molecule has 1 aromatic heterocycles. The lowest BCUT2D eigenvalue weighted by molar-refractivity contribution is -0.119. The first-order valence-electron chi connectivity index (χ1n) is 7.31. The highest BCUT2D eigenvalue weighted by molar-refractivity contribution is 6.05. The molecular weight excluding hydrogens is 311 g/mol. The fraction of sp³-hybridized carbons (Fsp3) is 0.111. The van der Waals surface area contributed by atoms with Crippen LogP contribution >= 0.6 is 0 Å². The van der Waals surface area contributed by atoms with Crippen LogP contribution in [0.1, 0.15) is 10.4 Å². The van der Waals surface area contributed by atoms with E-state index in [1.54, 1.807) is 6.20 Å². The predicted octanol–water partition coefficient (Wildman–Crippen LogP) is 3.11. The largest absolute Gasteiger partial charge is 0.452 e. The molecule has 24 heavy (non-hydrogen) atoms. The van der Waals surface area contributed by atoms with Crippen molar-refractivity contribution in [2.45, 2.75) is 0 Å². The van der Waals surface area contributed by atoms with Gasteiger partial charge in [0, 0.05) is 29.8 Å². The monoisotopic (exact) mass is 326 g/mol. The molecule has 3 aromatic rings. The van der Waals surface area contributed by atoms with Crippen LogP contribution in [0.15, 0.2) is 54.7 Å². The molecule has 0 atom stereocenters. The number of nitrogens with zero attached hydrogens (tertiary/aromatic N) is 1. The van der Waals surface area contributed by atoms with Gasteiger partial charge in [-0.05, 0) is 30.3 Å². The fourth-order valence-electron chi connectivity index (χ4n) is 2.44. The Morgan fingerprint density at radius 2 is 1.83 bits per heavy atom. The maximum atomic E-state index is 12.8. The van der Waals surface area contributed by atoms with Gasteiger partial charge in [-0.2, -0.15) is 0 Å². The minimum Gasteiger partial charge on any atom is -0.452 e. The summed E-state index contributed by atoms with van der Waals surface area (Å²) in [5.74, 6) is -1.45. The molecule has 122 valence electrons. The second-order valence-electron chi connectivity index (χ2n) is 5.30. The number of anilines is 1. The van der Waals surface area contributed by atoms with Crippen molar-refractivity contribution in [1.82, 2.24) is 4.57 Å². The number of aromatic nitrogens is 1. The Labute approximate surface area is 137 Å². The molecule has 0 aliphatic rings. The van der Waals surface area contributed by atoms with Gasteiger partial charge in [-0.1, -0.05) is 18.2 Å². The van der Waals surface area contributed by atoms with E-state index in [1.807, 2.05) is 35.9 Å². The number of rotatable bonds is 4. The van der Waals surface area contributed by atoms with Crippen LogP contribution in [-0.2, 0) is 16.6 Å². The molecule has 0 saturated carbocycles. The second-order valence-corrected chi connectivity index (χ2v) is 5.30. The van der Waals surface area contributed by atoms with Crippen LogP contribution in [0.4, 0.5) is 10.1 Å². The highest BCUT2D eigenvalue weighted by Gasteiger charge is 2.16. The van der Waals surface area contributed by atoms with Gasteiger partial charge in [-0.15, -0.1) is 0 Å². The van der Waals surface area contributed by atoms with Crippen molar-refractivity contribution in [2.24, 2.45) is 7.05 Å². The Kier molecular flexibility index (Phi) is 4.29. The van der Waals surface area contributed by atoms with E-state index in [0.29, 0.717) is 11.3 Å². The number of carbonyl (C=O) groups is 2. The van der Waals surface area contributed by atoms with E-state index >= 15 is 0 Å². The van der Waals surface area contributed by atoms with Crippen molar-refractivity contribution < 1.29 is 18.7 Å². The van der Waals surface area contributed by atoms with Gasteiger partial charge in [0.1, 0.15) is 5.82 Å². The molecule has 6 heteroatoms. The Morgan fingerprint density at radius 3 is 2.58 bits per heavy atom. The summed E-state index contributed by atoms with van der Waals surface area (Å²) in [5, 5.41) is 3.30. The van der Waals surface area contributed by atoms with Crippen molar-refractivity contribution in [3.8, 4) is 0 Å². The van der Waals surface area contributed by atoms with Crippen LogP contribution < -0.4 is 5.32 Å². The number of aryl methyl sites for hydroxylation is 1. The lowest BCUT2D eigenvalue weighted by Gasteiger charge is -2.06. The minimum atomic E-state index is -0.568. The van der Waals surface area contributed by atoms with E-state index in [0.717, 1.165) is 10.9 Å². The number of carbonyl (C=O) groups excluding carboxylic acids is 2. The molecule has 1 N–H and O–H groups in total. The van der Waals surface area contributed by atoms with Crippen LogP contribution in [0.2, 0.25) is 0 Å². The first-order valence-corrected chi connectivity index (χ1v) is 7.31. The fourth-order valence-corrected chi connectivity index (χ4v) is 2.44. The standard InChI is InChI=1S/C18H15FN2O3/c1-21-10-15(14-4-2-3-5-16(14)21)18(23)24-11-17(22)20-13-8-6-12(19)7-9-13/h2-10H,11H2,1H3,(H,20,22). The third-order valence-corrected chi connectivity index (χ3v) is 3.58. The molecular formula is C18H15FN2O3. The topological polar surface area (TPSA) is 60.3 Å². The summed E-state index contributed by atoms with van der Waals surface area (Å²) in [4.78, 5) is 24.0. The van der Waals surface area contributed by atoms with Crippen LogP contribution in [-0.4, -0.2) is 23.1 Å². The molecule has 1 amide bonds. The summed E-state index contributed by atoms with van der Waals surface area (Å²) in [6, 6.07) is 12.8. The molecule has 0 aliphatic carbocycles. The zero-order valence-corrected chi connectivity index (χ0v) is 13.0. The highest BCUT2D eigenvalue weighted by atomic mass is 19.1. The molecule has 5 nitrogen and oxygen atoms in total. The Balaban J connectivity index is 1.64. The SMILES string of the molecule is Cn1cc(C(=O)OCC(=O)Nc2ccc(F)cc2)c2ccccc21. The average molecular weight is 326 g/mol. The lowest BCUT2D eigenvalue weighted by Crippen LogP contribution is -2.20. The molecule has 0 unspecified atom stereocenters. The molecule has 0 aliphatic heterocycles. The van der Waals surface area contributed by atoms with Crippen LogP contribution in [0.3, 0.4) is 0 Å². The highest BCUT2D eigenvalue weighted by Crippen LogP contribution is 2.21. The van der Waals surface area contributed by atoms with Crippen molar-refractivity contribution in [2.75, 3.05) is 11.9 Å². The van der Waals surface area contributed by atoms with Gasteiger partial charge in [-0.3, -0.25) is 4.79 Å². The van der Waals surface area contributed by atoms with Crippen molar-refractivity contribution in [1.29, 1.82) is 0 Å². The van der Waals surface area contributed by atoms with E-state index in [1.165, 1.54) is 24.3 Å². The third-order valence-electron chi connectivity index (χ3n) is 3.58.